The van der Waals surface area contributed by atoms with E-state index < -0.39 is 12.1 Å². The number of carbonyl (C=O) groups excluding carboxylic acids is 3. The Kier molecular flexibility index (Phi) is 7.20. The number of rotatable bonds is 6. The average molecular weight is 484 g/mol. The Labute approximate surface area is 183 Å². The van der Waals surface area contributed by atoms with Crippen LogP contribution >= 0.6 is 27.7 Å². The molecule has 3 N–H and O–H groups in total. The molecule has 2 fully saturated rings. The first kappa shape index (κ1) is 22.1. The molecule has 0 radical (unpaired) electrons. The second-order valence-corrected chi connectivity index (χ2v) is 9.27. The van der Waals surface area contributed by atoms with Gasteiger partial charge in [-0.15, -0.1) is 11.8 Å². The molecule has 1 aromatic rings. The zero-order chi connectivity index (χ0) is 21.1. The smallest absolute Gasteiger partial charge is 0.325 e. The van der Waals surface area contributed by atoms with Crippen molar-refractivity contribution in [1.82, 2.24) is 20.4 Å². The van der Waals surface area contributed by atoms with Crippen molar-refractivity contribution >= 4 is 51.2 Å². The molecule has 1 aromatic carbocycles. The summed E-state index contributed by atoms with van der Waals surface area (Å²) < 4.78 is 0.940. The number of nitrogens with one attached hydrogen (secondary N) is 3. The van der Waals surface area contributed by atoms with Gasteiger partial charge >= 0.3 is 6.03 Å². The maximum atomic E-state index is 12.8. The van der Waals surface area contributed by atoms with Crippen LogP contribution in [0.5, 0.6) is 0 Å². The predicted molar refractivity (Wildman–Crippen MR) is 117 cm³/mol. The molecular formula is C19H26BrN5O3S. The molecule has 0 aromatic heterocycles. The maximum absolute atomic E-state index is 12.8. The number of thioether (sulfide) groups is 1. The van der Waals surface area contributed by atoms with Gasteiger partial charge in [0.05, 0.1) is 29.4 Å². The average Bonchev–Trinajstić information content (AvgIpc) is 2.70. The Bertz CT molecular complexity index is 778. The highest BCUT2D eigenvalue weighted by Gasteiger charge is 2.50. The van der Waals surface area contributed by atoms with Crippen LogP contribution in [0, 0.1) is 5.92 Å². The molecule has 4 amide bonds. The Morgan fingerprint density at radius 2 is 1.90 bits per heavy atom. The van der Waals surface area contributed by atoms with Crippen LogP contribution in [-0.2, 0) is 9.59 Å². The number of imide groups is 1. The third-order valence-electron chi connectivity index (χ3n) is 5.12. The molecule has 3 rings (SSSR count). The molecule has 2 aliphatic rings. The predicted octanol–water partition coefficient (Wildman–Crippen LogP) is 2.23. The summed E-state index contributed by atoms with van der Waals surface area (Å²) in [6.45, 7) is 2.08. The lowest BCUT2D eigenvalue weighted by Crippen LogP contribution is -2.74. The van der Waals surface area contributed by atoms with Crippen molar-refractivity contribution in [3.8, 4) is 0 Å². The van der Waals surface area contributed by atoms with Gasteiger partial charge in [-0.3, -0.25) is 25.1 Å². The summed E-state index contributed by atoms with van der Waals surface area (Å²) in [5.74, 6) is -0.646. The molecule has 8 nitrogen and oxygen atoms in total. The number of anilines is 1. The molecule has 0 aliphatic carbocycles. The number of hydrogen-bond acceptors (Lipinski definition) is 6. The highest BCUT2D eigenvalue weighted by molar-refractivity contribution is 9.10. The van der Waals surface area contributed by atoms with Crippen LogP contribution < -0.4 is 16.0 Å². The van der Waals surface area contributed by atoms with Crippen molar-refractivity contribution in [2.75, 3.05) is 25.2 Å². The Morgan fingerprint density at radius 3 is 2.55 bits per heavy atom. The van der Waals surface area contributed by atoms with Crippen LogP contribution in [0.2, 0.25) is 0 Å². The van der Waals surface area contributed by atoms with E-state index in [0.29, 0.717) is 0 Å². The molecule has 10 heteroatoms. The quantitative estimate of drug-likeness (QED) is 0.574. The summed E-state index contributed by atoms with van der Waals surface area (Å²) in [5, 5.41) is 9.42. The summed E-state index contributed by atoms with van der Waals surface area (Å²) in [5.41, 5.74) is 0.720. The van der Waals surface area contributed by atoms with E-state index in [2.05, 4.69) is 38.8 Å². The van der Waals surface area contributed by atoms with Gasteiger partial charge in [0.2, 0.25) is 11.8 Å². The van der Waals surface area contributed by atoms with Gasteiger partial charge in [-0.05, 0) is 30.7 Å². The SMILES string of the molecule is CCCC1NC(SCC(=O)Nc2ccc(Br)cc2)C2C(=O)N(C)C(=O)N(C)C2N1. The lowest BCUT2D eigenvalue weighted by atomic mass is 9.96. The minimum atomic E-state index is -0.471. The Hall–Kier alpha value is -1.62. The number of hydrogen-bond donors (Lipinski definition) is 3. The van der Waals surface area contributed by atoms with Crippen LogP contribution in [-0.4, -0.2) is 65.2 Å². The molecule has 4 unspecified atom stereocenters. The van der Waals surface area contributed by atoms with E-state index in [1.165, 1.54) is 18.8 Å². The molecule has 2 saturated heterocycles. The molecule has 29 heavy (non-hydrogen) atoms. The number of fused-ring (bicyclic) bond motifs is 1. The van der Waals surface area contributed by atoms with E-state index in [1.54, 1.807) is 11.9 Å². The van der Waals surface area contributed by atoms with Gasteiger partial charge in [0.1, 0.15) is 0 Å². The largest absolute Gasteiger partial charge is 0.327 e. The molecule has 0 bridgehead atoms. The summed E-state index contributed by atoms with van der Waals surface area (Å²) in [7, 11) is 3.20. The highest BCUT2D eigenvalue weighted by atomic mass is 79.9. The van der Waals surface area contributed by atoms with Crippen LogP contribution in [0.1, 0.15) is 19.8 Å². The van der Waals surface area contributed by atoms with Gasteiger partial charge < -0.3 is 10.2 Å². The van der Waals surface area contributed by atoms with Crippen molar-refractivity contribution in [3.63, 3.8) is 0 Å². The highest BCUT2D eigenvalue weighted by Crippen LogP contribution is 2.32. The van der Waals surface area contributed by atoms with E-state index in [9.17, 15) is 14.4 Å². The molecule has 0 saturated carbocycles. The first-order valence-electron chi connectivity index (χ1n) is 9.55. The molecular weight excluding hydrogens is 458 g/mol. The monoisotopic (exact) mass is 483 g/mol. The van der Waals surface area contributed by atoms with Gasteiger partial charge in [-0.25, -0.2) is 4.79 Å². The lowest BCUT2D eigenvalue weighted by molar-refractivity contribution is -0.140. The Morgan fingerprint density at radius 1 is 1.21 bits per heavy atom. The standard InChI is InChI=1S/C19H26BrN5O3S/c1-4-5-13-22-16-15(18(27)25(3)19(28)24(16)2)17(23-13)29-10-14(26)21-12-8-6-11(20)7-9-12/h6-9,13,15-17,22-23H,4-5,10H2,1-3H3,(H,21,26). The molecule has 2 aliphatic heterocycles. The molecule has 158 valence electrons. The van der Waals surface area contributed by atoms with Crippen LogP contribution in [0.25, 0.3) is 0 Å². The summed E-state index contributed by atoms with van der Waals surface area (Å²) in [6.07, 6.45) is 1.39. The third kappa shape index (κ3) is 4.93. The first-order valence-corrected chi connectivity index (χ1v) is 11.4. The van der Waals surface area contributed by atoms with Crippen molar-refractivity contribution in [2.45, 2.75) is 37.5 Å². The molecule has 2 heterocycles. The van der Waals surface area contributed by atoms with E-state index in [4.69, 9.17) is 0 Å². The van der Waals surface area contributed by atoms with Gasteiger partial charge in [0.25, 0.3) is 0 Å². The van der Waals surface area contributed by atoms with E-state index in [-0.39, 0.29) is 35.1 Å². The van der Waals surface area contributed by atoms with E-state index >= 15 is 0 Å². The number of nitrogens with zero attached hydrogens (tertiary/aromatic N) is 2. The fourth-order valence-electron chi connectivity index (χ4n) is 3.62. The van der Waals surface area contributed by atoms with Gasteiger partial charge in [0.15, 0.2) is 0 Å². The van der Waals surface area contributed by atoms with Crippen molar-refractivity contribution in [2.24, 2.45) is 5.92 Å². The summed E-state index contributed by atoms with van der Waals surface area (Å²) >= 11 is 4.76. The number of amides is 4. The third-order valence-corrected chi connectivity index (χ3v) is 6.87. The summed E-state index contributed by atoms with van der Waals surface area (Å²) in [6, 6.07) is 7.05. The van der Waals surface area contributed by atoms with Crippen LogP contribution in [0.4, 0.5) is 10.5 Å². The van der Waals surface area contributed by atoms with Gasteiger partial charge in [-0.2, -0.15) is 0 Å². The zero-order valence-electron chi connectivity index (χ0n) is 16.6. The van der Waals surface area contributed by atoms with Crippen LogP contribution in [0.3, 0.4) is 0 Å². The molecule has 0 spiro atoms. The minimum Gasteiger partial charge on any atom is -0.325 e. The van der Waals surface area contributed by atoms with Gasteiger partial charge in [0, 0.05) is 24.3 Å². The van der Waals surface area contributed by atoms with Crippen molar-refractivity contribution in [1.29, 1.82) is 0 Å². The van der Waals surface area contributed by atoms with Gasteiger partial charge in [-0.1, -0.05) is 29.3 Å². The van der Waals surface area contributed by atoms with Crippen LogP contribution in [0.15, 0.2) is 28.7 Å². The second kappa shape index (κ2) is 9.46. The number of urea groups is 1. The lowest BCUT2D eigenvalue weighted by Gasteiger charge is -2.50. The fourth-order valence-corrected chi connectivity index (χ4v) is 5.02. The van der Waals surface area contributed by atoms with Crippen molar-refractivity contribution in [3.05, 3.63) is 28.7 Å². The summed E-state index contributed by atoms with van der Waals surface area (Å²) in [4.78, 5) is 40.3. The van der Waals surface area contributed by atoms with E-state index in [0.717, 1.165) is 27.9 Å². The molecule has 4 atom stereocenters. The zero-order valence-corrected chi connectivity index (χ0v) is 19.0. The van der Waals surface area contributed by atoms with Crippen molar-refractivity contribution < 1.29 is 14.4 Å². The topological polar surface area (TPSA) is 93.8 Å². The minimum absolute atomic E-state index is 0.0280. The number of halogens is 1. The number of benzene rings is 1. The number of carbonyl (C=O) groups is 3. The first-order chi connectivity index (χ1) is 13.8. The Balaban J connectivity index is 1.69. The normalized spacial score (nSPS) is 27.0. The fraction of sp³-hybridized carbons (Fsp3) is 0.526. The van der Waals surface area contributed by atoms with E-state index in [1.807, 2.05) is 24.3 Å². The second-order valence-electron chi connectivity index (χ2n) is 7.22. The maximum Gasteiger partial charge on any atom is 0.327 e.